The Bertz CT molecular complexity index is 1580. The zero-order valence-electron chi connectivity index (χ0n) is 21.9. The lowest BCUT2D eigenvalue weighted by Gasteiger charge is -2.14. The van der Waals surface area contributed by atoms with Crippen molar-refractivity contribution in [3.8, 4) is 0 Å². The highest BCUT2D eigenvalue weighted by atomic mass is 19.4. The first-order valence-electron chi connectivity index (χ1n) is 12.8. The zero-order chi connectivity index (χ0) is 28.7. The molecule has 0 aliphatic heterocycles. The summed E-state index contributed by atoms with van der Waals surface area (Å²) in [5.74, 6) is 0. The number of alkyl halides is 6. The monoisotopic (exact) mass is 548 g/mol. The highest BCUT2D eigenvalue weighted by Crippen LogP contribution is 2.40. The summed E-state index contributed by atoms with van der Waals surface area (Å²) in [6, 6.07) is 24.3. The Morgan fingerprint density at radius 2 is 0.900 bits per heavy atom. The summed E-state index contributed by atoms with van der Waals surface area (Å²) < 4.78 is 77.4. The van der Waals surface area contributed by atoms with Crippen LogP contribution >= 0.6 is 0 Å². The highest BCUT2D eigenvalue weighted by Gasteiger charge is 2.37. The summed E-state index contributed by atoms with van der Waals surface area (Å²) in [5.41, 5.74) is 7.83. The maximum Gasteiger partial charge on any atom is 0.416 e. The van der Waals surface area contributed by atoms with E-state index in [1.54, 1.807) is 30.3 Å². The molecule has 0 saturated heterocycles. The van der Waals surface area contributed by atoms with Crippen molar-refractivity contribution in [3.05, 3.63) is 141 Å². The van der Waals surface area contributed by atoms with Gasteiger partial charge in [-0.05, 0) is 89.4 Å². The Hall–Kier alpha value is -4.06. The number of hydrogen-bond acceptors (Lipinski definition) is 0. The fourth-order valence-corrected chi connectivity index (χ4v) is 5.23. The van der Waals surface area contributed by atoms with Crippen LogP contribution < -0.4 is 0 Å². The van der Waals surface area contributed by atoms with E-state index in [1.165, 1.54) is 33.4 Å². The third-order valence-electron chi connectivity index (χ3n) is 7.08. The molecule has 4 aromatic rings. The van der Waals surface area contributed by atoms with Crippen molar-refractivity contribution >= 4 is 23.3 Å². The predicted octanol–water partition coefficient (Wildman–Crippen LogP) is 10.2. The Labute approximate surface area is 229 Å². The van der Waals surface area contributed by atoms with Gasteiger partial charge in [-0.1, -0.05) is 90.0 Å². The van der Waals surface area contributed by atoms with Crippen LogP contribution in [0, 0.1) is 13.8 Å². The van der Waals surface area contributed by atoms with Crippen molar-refractivity contribution in [2.75, 3.05) is 0 Å². The molecule has 0 spiro atoms. The smallest absolute Gasteiger partial charge is 0.166 e. The van der Waals surface area contributed by atoms with Gasteiger partial charge in [-0.3, -0.25) is 0 Å². The first-order chi connectivity index (χ1) is 18.9. The summed E-state index contributed by atoms with van der Waals surface area (Å²) >= 11 is 0. The molecule has 0 N–H and O–H groups in total. The number of hydrogen-bond donors (Lipinski definition) is 0. The van der Waals surface area contributed by atoms with Crippen LogP contribution in [0.15, 0.2) is 84.9 Å². The van der Waals surface area contributed by atoms with Gasteiger partial charge in [0, 0.05) is 0 Å². The Morgan fingerprint density at radius 1 is 0.500 bits per heavy atom. The molecule has 0 saturated carbocycles. The van der Waals surface area contributed by atoms with Gasteiger partial charge >= 0.3 is 12.4 Å². The lowest BCUT2D eigenvalue weighted by atomic mass is 9.98. The standard InChI is InChI=1S/C17H10F6.C17H16/c18-16(19,20)14-7-13(8-15(9-14)17(21,22)23)12-5-10-3-1-2-4-11(10)6-12;1-12-7-13(2)9-16(8-12)17-10-14-5-3-4-6-15(14)11-17/h1-5,7-9H,6H2;3-10H,11H2,1-2H3. The molecular formula is C34H26F6. The third kappa shape index (κ3) is 6.06. The van der Waals surface area contributed by atoms with Gasteiger partial charge in [0.1, 0.15) is 0 Å². The molecule has 2 aliphatic rings. The van der Waals surface area contributed by atoms with Crippen LogP contribution in [0.5, 0.6) is 0 Å². The lowest BCUT2D eigenvalue weighted by molar-refractivity contribution is -0.143. The largest absolute Gasteiger partial charge is 0.416 e. The number of benzene rings is 4. The van der Waals surface area contributed by atoms with E-state index in [1.807, 2.05) is 0 Å². The van der Waals surface area contributed by atoms with Crippen LogP contribution in [0.1, 0.15) is 55.6 Å². The van der Waals surface area contributed by atoms with Gasteiger partial charge in [0.2, 0.25) is 0 Å². The van der Waals surface area contributed by atoms with Gasteiger partial charge in [0.25, 0.3) is 0 Å². The van der Waals surface area contributed by atoms with Crippen molar-refractivity contribution in [3.63, 3.8) is 0 Å². The average Bonchev–Trinajstić information content (AvgIpc) is 3.52. The highest BCUT2D eigenvalue weighted by molar-refractivity contribution is 5.89. The quantitative estimate of drug-likeness (QED) is 0.219. The van der Waals surface area contributed by atoms with E-state index in [-0.39, 0.29) is 11.6 Å². The van der Waals surface area contributed by atoms with Gasteiger partial charge in [0.15, 0.2) is 0 Å². The number of fused-ring (bicyclic) bond motifs is 2. The average molecular weight is 549 g/mol. The molecule has 0 amide bonds. The molecule has 0 unspecified atom stereocenters. The van der Waals surface area contributed by atoms with Crippen molar-refractivity contribution in [2.24, 2.45) is 0 Å². The van der Waals surface area contributed by atoms with E-state index < -0.39 is 23.5 Å². The van der Waals surface area contributed by atoms with Gasteiger partial charge in [-0.2, -0.15) is 26.3 Å². The van der Waals surface area contributed by atoms with Crippen molar-refractivity contribution in [2.45, 2.75) is 39.0 Å². The van der Waals surface area contributed by atoms with E-state index in [4.69, 9.17) is 0 Å². The second kappa shape index (κ2) is 10.5. The molecule has 0 fully saturated rings. The minimum atomic E-state index is -4.83. The molecule has 0 heterocycles. The Balaban J connectivity index is 0.000000168. The van der Waals surface area contributed by atoms with E-state index in [2.05, 4.69) is 62.4 Å². The second-order valence-corrected chi connectivity index (χ2v) is 10.3. The molecule has 4 aromatic carbocycles. The van der Waals surface area contributed by atoms with Crippen molar-refractivity contribution in [1.29, 1.82) is 0 Å². The number of aryl methyl sites for hydroxylation is 2. The molecule has 0 nitrogen and oxygen atoms in total. The minimum absolute atomic E-state index is 0.0525. The molecule has 6 heteroatoms. The summed E-state index contributed by atoms with van der Waals surface area (Å²) in [6.45, 7) is 4.33. The minimum Gasteiger partial charge on any atom is -0.166 e. The molecule has 0 bridgehead atoms. The molecule has 6 rings (SSSR count). The zero-order valence-corrected chi connectivity index (χ0v) is 21.9. The Kier molecular flexibility index (Phi) is 7.21. The third-order valence-corrected chi connectivity index (χ3v) is 7.08. The molecule has 0 radical (unpaired) electrons. The van der Waals surface area contributed by atoms with Crippen LogP contribution in [0.4, 0.5) is 26.3 Å². The van der Waals surface area contributed by atoms with Gasteiger partial charge in [0.05, 0.1) is 11.1 Å². The SMILES string of the molecule is Cc1cc(C)cc(C2=Cc3ccccc3C2)c1.FC(F)(F)c1cc(C2=Cc3ccccc3C2)cc(C(F)(F)F)c1. The molecule has 0 aromatic heterocycles. The summed E-state index contributed by atoms with van der Waals surface area (Å²) in [4.78, 5) is 0. The van der Waals surface area contributed by atoms with Crippen LogP contribution in [0.25, 0.3) is 23.3 Å². The number of rotatable bonds is 2. The molecule has 40 heavy (non-hydrogen) atoms. The summed E-state index contributed by atoms with van der Waals surface area (Å²) in [7, 11) is 0. The Morgan fingerprint density at radius 3 is 1.30 bits per heavy atom. The normalized spacial score (nSPS) is 14.1. The molecular weight excluding hydrogens is 522 g/mol. The first kappa shape index (κ1) is 27.5. The van der Waals surface area contributed by atoms with E-state index in [9.17, 15) is 26.3 Å². The summed E-state index contributed by atoms with van der Waals surface area (Å²) in [6.07, 6.45) is -4.33. The van der Waals surface area contributed by atoms with Crippen LogP contribution in [-0.2, 0) is 25.2 Å². The number of allylic oxidation sites excluding steroid dienone is 2. The fourth-order valence-electron chi connectivity index (χ4n) is 5.23. The maximum absolute atomic E-state index is 12.9. The van der Waals surface area contributed by atoms with Crippen LogP contribution in [0.2, 0.25) is 0 Å². The van der Waals surface area contributed by atoms with Gasteiger partial charge < -0.3 is 0 Å². The van der Waals surface area contributed by atoms with Crippen LogP contribution in [-0.4, -0.2) is 0 Å². The lowest BCUT2D eigenvalue weighted by Crippen LogP contribution is -2.11. The summed E-state index contributed by atoms with van der Waals surface area (Å²) in [5, 5.41) is 0. The molecule has 2 aliphatic carbocycles. The topological polar surface area (TPSA) is 0 Å². The van der Waals surface area contributed by atoms with Crippen LogP contribution in [0.3, 0.4) is 0 Å². The van der Waals surface area contributed by atoms with E-state index >= 15 is 0 Å². The van der Waals surface area contributed by atoms with Gasteiger partial charge in [-0.15, -0.1) is 0 Å². The van der Waals surface area contributed by atoms with Gasteiger partial charge in [-0.25, -0.2) is 0 Å². The maximum atomic E-state index is 12.9. The van der Waals surface area contributed by atoms with Crippen molar-refractivity contribution in [1.82, 2.24) is 0 Å². The molecule has 204 valence electrons. The fraction of sp³-hybridized carbons (Fsp3) is 0.176. The first-order valence-corrected chi connectivity index (χ1v) is 12.8. The van der Waals surface area contributed by atoms with Crippen molar-refractivity contribution < 1.29 is 26.3 Å². The predicted molar refractivity (Wildman–Crippen MR) is 148 cm³/mol. The number of halogens is 6. The molecule has 0 atom stereocenters. The van der Waals surface area contributed by atoms with E-state index in [0.29, 0.717) is 12.0 Å². The van der Waals surface area contributed by atoms with E-state index in [0.717, 1.165) is 29.7 Å². The second-order valence-electron chi connectivity index (χ2n) is 10.3.